The first kappa shape index (κ1) is 10.9. The molecule has 2 aromatic rings. The topological polar surface area (TPSA) is 73.1 Å². The van der Waals surface area contributed by atoms with Gasteiger partial charge in [-0.25, -0.2) is 15.8 Å². The molecular weight excluding hydrogens is 236 g/mol. The predicted octanol–water partition coefficient (Wildman–Crippen LogP) is 2.14. The smallest absolute Gasteiger partial charge is 0.161 e. The fourth-order valence-electron chi connectivity index (χ4n) is 2.09. The summed E-state index contributed by atoms with van der Waals surface area (Å²) in [5.41, 5.74) is 2.65. The zero-order valence-electron chi connectivity index (χ0n) is 9.56. The number of nitrogen functional groups attached to an aromatic ring is 1. The molecule has 1 fully saturated rings. The Kier molecular flexibility index (Phi) is 2.70. The van der Waals surface area contributed by atoms with Gasteiger partial charge >= 0.3 is 0 Å². The second-order valence-corrected chi connectivity index (χ2v) is 5.39. The van der Waals surface area contributed by atoms with Gasteiger partial charge in [-0.15, -0.1) is 11.3 Å². The van der Waals surface area contributed by atoms with Crippen molar-refractivity contribution in [2.45, 2.75) is 25.9 Å². The number of aryl methyl sites for hydroxylation is 1. The van der Waals surface area contributed by atoms with Crippen LogP contribution in [-0.4, -0.2) is 16.6 Å². The number of nitrogens with two attached hydrogens (primary N) is 1. The van der Waals surface area contributed by atoms with Crippen LogP contribution in [0.4, 0.5) is 5.82 Å². The van der Waals surface area contributed by atoms with Crippen molar-refractivity contribution in [3.8, 4) is 0 Å². The Bertz CT molecular complexity index is 548. The second-order valence-electron chi connectivity index (χ2n) is 4.15. The van der Waals surface area contributed by atoms with Crippen molar-refractivity contribution in [1.82, 2.24) is 9.97 Å². The highest BCUT2D eigenvalue weighted by atomic mass is 32.1. The Morgan fingerprint density at radius 2 is 2.41 bits per heavy atom. The van der Waals surface area contributed by atoms with E-state index in [2.05, 4.69) is 28.4 Å². The summed E-state index contributed by atoms with van der Waals surface area (Å²) in [7, 11) is 0. The zero-order chi connectivity index (χ0) is 11.8. The second kappa shape index (κ2) is 4.21. The maximum atomic E-state index is 5.61. The molecule has 1 saturated heterocycles. The van der Waals surface area contributed by atoms with E-state index in [4.69, 9.17) is 10.6 Å². The zero-order valence-corrected chi connectivity index (χ0v) is 10.4. The lowest BCUT2D eigenvalue weighted by Crippen LogP contribution is -2.12. The lowest BCUT2D eigenvalue weighted by molar-refractivity contribution is 0.105. The number of thiophene rings is 1. The maximum Gasteiger partial charge on any atom is 0.161 e. The molecule has 1 aliphatic rings. The number of nitrogens with one attached hydrogen (secondary N) is 1. The van der Waals surface area contributed by atoms with Gasteiger partial charge in [-0.05, 0) is 25.8 Å². The fraction of sp³-hybridized carbons (Fsp3) is 0.455. The Hall–Kier alpha value is -1.24. The van der Waals surface area contributed by atoms with Crippen LogP contribution in [0.5, 0.6) is 0 Å². The first-order valence-corrected chi connectivity index (χ1v) is 6.46. The van der Waals surface area contributed by atoms with Gasteiger partial charge in [-0.3, -0.25) is 0 Å². The van der Waals surface area contributed by atoms with E-state index in [9.17, 15) is 0 Å². The third kappa shape index (κ3) is 1.88. The Labute approximate surface area is 103 Å². The molecule has 90 valence electrons. The highest BCUT2D eigenvalue weighted by molar-refractivity contribution is 7.18. The highest BCUT2D eigenvalue weighted by Gasteiger charge is 2.22. The minimum Gasteiger partial charge on any atom is -0.370 e. The third-order valence-corrected chi connectivity index (χ3v) is 3.83. The van der Waals surface area contributed by atoms with E-state index in [1.54, 1.807) is 11.3 Å². The molecule has 3 heterocycles. The van der Waals surface area contributed by atoms with Gasteiger partial charge in [-0.2, -0.15) is 0 Å². The van der Waals surface area contributed by atoms with Gasteiger partial charge in [0.05, 0.1) is 5.39 Å². The summed E-state index contributed by atoms with van der Waals surface area (Å²) in [6.07, 6.45) is 2.08. The molecule has 5 nitrogen and oxygen atoms in total. The average Bonchev–Trinajstić information content (AvgIpc) is 2.94. The van der Waals surface area contributed by atoms with Crippen LogP contribution in [0.25, 0.3) is 10.2 Å². The van der Waals surface area contributed by atoms with Crippen LogP contribution in [0.3, 0.4) is 0 Å². The van der Waals surface area contributed by atoms with Gasteiger partial charge in [0.2, 0.25) is 0 Å². The molecule has 1 aliphatic heterocycles. The van der Waals surface area contributed by atoms with Crippen molar-refractivity contribution in [2.24, 2.45) is 5.84 Å². The van der Waals surface area contributed by atoms with Crippen LogP contribution >= 0.6 is 11.3 Å². The van der Waals surface area contributed by atoms with Crippen LogP contribution in [0.2, 0.25) is 0 Å². The van der Waals surface area contributed by atoms with Crippen molar-refractivity contribution >= 4 is 27.4 Å². The fourth-order valence-corrected chi connectivity index (χ4v) is 2.98. The molecule has 0 amide bonds. The number of aromatic nitrogens is 2. The monoisotopic (exact) mass is 250 g/mol. The van der Waals surface area contributed by atoms with Crippen LogP contribution in [0, 0.1) is 6.92 Å². The van der Waals surface area contributed by atoms with Crippen LogP contribution < -0.4 is 11.3 Å². The Morgan fingerprint density at radius 1 is 1.53 bits per heavy atom. The Morgan fingerprint density at radius 3 is 3.12 bits per heavy atom. The number of fused-ring (bicyclic) bond motifs is 1. The molecule has 0 aromatic carbocycles. The molecule has 0 aliphatic carbocycles. The molecule has 6 heteroatoms. The maximum absolute atomic E-state index is 5.61. The van der Waals surface area contributed by atoms with Gasteiger partial charge in [0.15, 0.2) is 11.6 Å². The predicted molar refractivity (Wildman–Crippen MR) is 67.9 cm³/mol. The molecule has 17 heavy (non-hydrogen) atoms. The van der Waals surface area contributed by atoms with Gasteiger partial charge in [-0.1, -0.05) is 0 Å². The van der Waals surface area contributed by atoms with Crippen molar-refractivity contribution in [3.63, 3.8) is 0 Å². The molecule has 0 bridgehead atoms. The van der Waals surface area contributed by atoms with Crippen molar-refractivity contribution in [2.75, 3.05) is 12.0 Å². The lowest BCUT2D eigenvalue weighted by Gasteiger charge is -2.09. The summed E-state index contributed by atoms with van der Waals surface area (Å²) >= 11 is 1.65. The van der Waals surface area contributed by atoms with E-state index in [-0.39, 0.29) is 6.10 Å². The summed E-state index contributed by atoms with van der Waals surface area (Å²) < 4.78 is 5.61. The van der Waals surface area contributed by atoms with Gasteiger partial charge < -0.3 is 10.2 Å². The SMILES string of the molecule is Cc1cc2c(NN)nc(C3CCCO3)nc2s1. The van der Waals surface area contributed by atoms with Crippen molar-refractivity contribution in [3.05, 3.63) is 16.8 Å². The molecule has 0 radical (unpaired) electrons. The number of rotatable bonds is 2. The average molecular weight is 250 g/mol. The molecule has 0 spiro atoms. The summed E-state index contributed by atoms with van der Waals surface area (Å²) in [5, 5.41) is 0.983. The van der Waals surface area contributed by atoms with Crippen LogP contribution in [-0.2, 0) is 4.74 Å². The van der Waals surface area contributed by atoms with Gasteiger partial charge in [0.25, 0.3) is 0 Å². The minimum absolute atomic E-state index is 0.0221. The molecule has 2 aromatic heterocycles. The number of ether oxygens (including phenoxy) is 1. The van der Waals surface area contributed by atoms with Crippen molar-refractivity contribution in [1.29, 1.82) is 0 Å². The summed E-state index contributed by atoms with van der Waals surface area (Å²) in [4.78, 5) is 11.2. The number of hydrazine groups is 1. The lowest BCUT2D eigenvalue weighted by atomic mass is 10.2. The van der Waals surface area contributed by atoms with E-state index >= 15 is 0 Å². The first-order valence-electron chi connectivity index (χ1n) is 5.64. The molecular formula is C11H14N4OS. The van der Waals surface area contributed by atoms with E-state index in [0.29, 0.717) is 5.82 Å². The largest absolute Gasteiger partial charge is 0.370 e. The molecule has 3 rings (SSSR count). The summed E-state index contributed by atoms with van der Waals surface area (Å²) in [6, 6.07) is 2.05. The van der Waals surface area contributed by atoms with E-state index in [1.807, 2.05) is 0 Å². The first-order chi connectivity index (χ1) is 8.28. The third-order valence-electron chi connectivity index (χ3n) is 2.89. The normalized spacial score (nSPS) is 20.0. The van der Waals surface area contributed by atoms with E-state index in [0.717, 1.165) is 35.5 Å². The highest BCUT2D eigenvalue weighted by Crippen LogP contribution is 2.32. The standard InChI is InChI=1S/C11H14N4OS/c1-6-5-7-9(15-12)13-10(14-11(7)17-6)8-3-2-4-16-8/h5,8H,2-4,12H2,1H3,(H,13,14,15). The minimum atomic E-state index is 0.0221. The molecule has 1 atom stereocenters. The van der Waals surface area contributed by atoms with Gasteiger partial charge in [0.1, 0.15) is 10.9 Å². The Balaban J connectivity index is 2.13. The number of hydrogen-bond acceptors (Lipinski definition) is 6. The molecule has 0 saturated carbocycles. The van der Waals surface area contributed by atoms with Crippen LogP contribution in [0.1, 0.15) is 29.6 Å². The summed E-state index contributed by atoms with van der Waals surface area (Å²) in [5.74, 6) is 6.94. The number of hydrogen-bond donors (Lipinski definition) is 2. The summed E-state index contributed by atoms with van der Waals surface area (Å²) in [6.45, 7) is 2.85. The number of nitrogens with zero attached hydrogens (tertiary/aromatic N) is 2. The van der Waals surface area contributed by atoms with E-state index in [1.165, 1.54) is 4.88 Å². The van der Waals surface area contributed by atoms with E-state index < -0.39 is 0 Å². The quantitative estimate of drug-likeness (QED) is 0.631. The van der Waals surface area contributed by atoms with Gasteiger partial charge in [0, 0.05) is 11.5 Å². The molecule has 1 unspecified atom stereocenters. The van der Waals surface area contributed by atoms with Crippen LogP contribution in [0.15, 0.2) is 6.07 Å². The molecule has 3 N–H and O–H groups in total. The van der Waals surface area contributed by atoms with Crippen molar-refractivity contribution < 1.29 is 4.74 Å². The number of anilines is 1.